The van der Waals surface area contributed by atoms with Gasteiger partial charge in [-0.25, -0.2) is 14.8 Å². The predicted molar refractivity (Wildman–Crippen MR) is 72.9 cm³/mol. The summed E-state index contributed by atoms with van der Waals surface area (Å²) in [5.74, 6) is -0.611. The summed E-state index contributed by atoms with van der Waals surface area (Å²) in [6.07, 6.45) is 2.76. The molecule has 0 aliphatic heterocycles. The first-order chi connectivity index (χ1) is 9.13. The Hall–Kier alpha value is -1.70. The lowest BCUT2D eigenvalue weighted by Crippen LogP contribution is -1.91. The van der Waals surface area contributed by atoms with Crippen molar-refractivity contribution in [3.63, 3.8) is 0 Å². The highest BCUT2D eigenvalue weighted by molar-refractivity contribution is 7.23. The van der Waals surface area contributed by atoms with Crippen LogP contribution in [0.25, 0.3) is 21.5 Å². The number of halogens is 1. The lowest BCUT2D eigenvalue weighted by atomic mass is 10.3. The summed E-state index contributed by atoms with van der Waals surface area (Å²) >= 11 is 8.56. The van der Waals surface area contributed by atoms with Crippen LogP contribution in [0.1, 0.15) is 10.4 Å². The molecule has 96 valence electrons. The normalized spacial score (nSPS) is 10.8. The van der Waals surface area contributed by atoms with Gasteiger partial charge in [0.1, 0.15) is 16.3 Å². The maximum absolute atomic E-state index is 10.8. The third kappa shape index (κ3) is 2.40. The first-order valence-electron chi connectivity index (χ1n) is 5.03. The van der Waals surface area contributed by atoms with E-state index in [1.165, 1.54) is 35.0 Å². The molecule has 0 aromatic carbocycles. The van der Waals surface area contributed by atoms with Crippen molar-refractivity contribution in [1.29, 1.82) is 0 Å². The summed E-state index contributed by atoms with van der Waals surface area (Å²) < 4.78 is 5.78. The molecule has 0 aliphatic carbocycles. The fourth-order valence-corrected chi connectivity index (χ4v) is 3.18. The number of carbonyl (C=O) groups is 1. The fraction of sp³-hybridized carbons (Fsp3) is 0. The summed E-state index contributed by atoms with van der Waals surface area (Å²) in [4.78, 5) is 19.3. The van der Waals surface area contributed by atoms with Gasteiger partial charge in [0, 0.05) is 11.4 Å². The van der Waals surface area contributed by atoms with E-state index in [-0.39, 0.29) is 5.56 Å². The van der Waals surface area contributed by atoms with Gasteiger partial charge in [0.2, 0.25) is 0 Å². The molecule has 0 atom stereocenters. The molecule has 0 spiro atoms. The first-order valence-corrected chi connectivity index (χ1v) is 7.10. The minimum absolute atomic E-state index is 0.0989. The van der Waals surface area contributed by atoms with Crippen LogP contribution in [-0.4, -0.2) is 21.0 Å². The van der Waals surface area contributed by atoms with Crippen LogP contribution in [0.2, 0.25) is 4.34 Å². The van der Waals surface area contributed by atoms with E-state index in [4.69, 9.17) is 21.1 Å². The number of carboxylic acids is 1. The van der Waals surface area contributed by atoms with Gasteiger partial charge in [-0.2, -0.15) is 0 Å². The van der Waals surface area contributed by atoms with Crippen molar-refractivity contribution < 1.29 is 14.3 Å². The van der Waals surface area contributed by atoms with E-state index in [1.54, 1.807) is 11.6 Å². The smallest absolute Gasteiger partial charge is 0.338 e. The lowest BCUT2D eigenvalue weighted by Gasteiger charge is -1.87. The topological polar surface area (TPSA) is 76.2 Å². The second-order valence-corrected chi connectivity index (χ2v) is 6.03. The third-order valence-electron chi connectivity index (χ3n) is 2.26. The van der Waals surface area contributed by atoms with Gasteiger partial charge in [0.05, 0.1) is 11.8 Å². The minimum Gasteiger partial charge on any atom is -0.478 e. The maximum Gasteiger partial charge on any atom is 0.338 e. The molecule has 3 aromatic heterocycles. The molecular formula is C11H5ClN2O3S2. The number of carboxylic acid groups (broad SMARTS) is 1. The van der Waals surface area contributed by atoms with E-state index in [2.05, 4.69) is 9.97 Å². The van der Waals surface area contributed by atoms with E-state index in [0.717, 1.165) is 10.0 Å². The Morgan fingerprint density at radius 1 is 1.42 bits per heavy atom. The zero-order chi connectivity index (χ0) is 13.4. The Kier molecular flexibility index (Phi) is 3.09. The average Bonchev–Trinajstić information content (AvgIpc) is 3.07. The van der Waals surface area contributed by atoms with E-state index in [9.17, 15) is 4.79 Å². The molecule has 1 N–H and O–H groups in total. The Bertz CT molecular complexity index is 747. The van der Waals surface area contributed by atoms with E-state index in [1.807, 2.05) is 0 Å². The highest BCUT2D eigenvalue weighted by Crippen LogP contribution is 2.33. The van der Waals surface area contributed by atoms with Crippen molar-refractivity contribution in [2.45, 2.75) is 0 Å². The molecular weight excluding hydrogens is 308 g/mol. The molecule has 19 heavy (non-hydrogen) atoms. The van der Waals surface area contributed by atoms with Crippen LogP contribution in [0, 0.1) is 0 Å². The number of hydrogen-bond acceptors (Lipinski definition) is 6. The second kappa shape index (κ2) is 4.76. The van der Waals surface area contributed by atoms with E-state index >= 15 is 0 Å². The van der Waals surface area contributed by atoms with Crippen LogP contribution in [0.15, 0.2) is 28.3 Å². The molecule has 3 heterocycles. The molecule has 0 radical (unpaired) electrons. The van der Waals surface area contributed by atoms with Gasteiger partial charge in [0.25, 0.3) is 0 Å². The van der Waals surface area contributed by atoms with Crippen LogP contribution in [0.4, 0.5) is 0 Å². The van der Waals surface area contributed by atoms with Crippen LogP contribution >= 0.6 is 34.3 Å². The van der Waals surface area contributed by atoms with E-state index < -0.39 is 5.97 Å². The number of furan rings is 1. The minimum atomic E-state index is -1.03. The number of rotatable bonds is 3. The molecule has 0 fully saturated rings. The zero-order valence-electron chi connectivity index (χ0n) is 9.16. The Morgan fingerprint density at radius 3 is 2.89 bits per heavy atom. The van der Waals surface area contributed by atoms with Crippen LogP contribution < -0.4 is 0 Å². The summed E-state index contributed by atoms with van der Waals surface area (Å²) in [5.41, 5.74) is 0.681. The van der Waals surface area contributed by atoms with Crippen molar-refractivity contribution in [3.05, 3.63) is 33.8 Å². The molecule has 5 nitrogen and oxygen atoms in total. The summed E-state index contributed by atoms with van der Waals surface area (Å²) in [6.45, 7) is 0. The van der Waals surface area contributed by atoms with Crippen LogP contribution in [0.3, 0.4) is 0 Å². The molecule has 0 aliphatic rings. The monoisotopic (exact) mass is 312 g/mol. The number of aromatic nitrogens is 2. The van der Waals surface area contributed by atoms with Crippen molar-refractivity contribution in [3.8, 4) is 21.5 Å². The highest BCUT2D eigenvalue weighted by atomic mass is 35.5. The summed E-state index contributed by atoms with van der Waals surface area (Å²) in [6, 6.07) is 1.44. The molecule has 0 saturated carbocycles. The molecule has 0 bridgehead atoms. The molecule has 0 amide bonds. The SMILES string of the molecule is O=C(O)c1coc(-c2csc(-c3ncc(Cl)s3)n2)c1. The third-order valence-corrected chi connectivity index (χ3v) is 4.36. The molecule has 8 heteroatoms. The maximum atomic E-state index is 10.8. The predicted octanol–water partition coefficient (Wildman–Crippen LogP) is 3.88. The van der Waals surface area contributed by atoms with Crippen molar-refractivity contribution in [2.75, 3.05) is 0 Å². The van der Waals surface area contributed by atoms with Crippen LogP contribution in [-0.2, 0) is 0 Å². The second-order valence-electron chi connectivity index (χ2n) is 3.51. The number of aromatic carboxylic acids is 1. The van der Waals surface area contributed by atoms with Crippen molar-refractivity contribution >= 4 is 40.2 Å². The molecule has 3 rings (SSSR count). The molecule has 0 unspecified atom stereocenters. The van der Waals surface area contributed by atoms with Crippen molar-refractivity contribution in [1.82, 2.24) is 9.97 Å². The first kappa shape index (κ1) is 12.3. The van der Waals surface area contributed by atoms with Crippen LogP contribution in [0.5, 0.6) is 0 Å². The zero-order valence-corrected chi connectivity index (χ0v) is 11.6. The summed E-state index contributed by atoms with van der Waals surface area (Å²) in [5, 5.41) is 12.1. The molecule has 3 aromatic rings. The number of hydrogen-bond donors (Lipinski definition) is 1. The highest BCUT2D eigenvalue weighted by Gasteiger charge is 2.14. The average molecular weight is 313 g/mol. The van der Waals surface area contributed by atoms with Gasteiger partial charge in [-0.3, -0.25) is 0 Å². The van der Waals surface area contributed by atoms with Gasteiger partial charge in [0.15, 0.2) is 15.8 Å². The van der Waals surface area contributed by atoms with Gasteiger partial charge in [-0.1, -0.05) is 22.9 Å². The lowest BCUT2D eigenvalue weighted by molar-refractivity contribution is 0.0696. The van der Waals surface area contributed by atoms with Gasteiger partial charge in [-0.05, 0) is 0 Å². The summed E-state index contributed by atoms with van der Waals surface area (Å²) in [7, 11) is 0. The Balaban J connectivity index is 1.94. The largest absolute Gasteiger partial charge is 0.478 e. The van der Waals surface area contributed by atoms with Gasteiger partial charge >= 0.3 is 5.97 Å². The van der Waals surface area contributed by atoms with Gasteiger partial charge < -0.3 is 9.52 Å². The number of nitrogens with zero attached hydrogens (tertiary/aromatic N) is 2. The fourth-order valence-electron chi connectivity index (χ4n) is 1.42. The molecule has 0 saturated heterocycles. The Labute approximate surface area is 120 Å². The Morgan fingerprint density at radius 2 is 2.26 bits per heavy atom. The van der Waals surface area contributed by atoms with Gasteiger partial charge in [-0.15, -0.1) is 11.3 Å². The van der Waals surface area contributed by atoms with Crippen molar-refractivity contribution in [2.24, 2.45) is 0 Å². The quantitative estimate of drug-likeness (QED) is 0.794. The van der Waals surface area contributed by atoms with E-state index in [0.29, 0.717) is 15.8 Å². The number of thiazole rings is 2. The standard InChI is InChI=1S/C11H5ClN2O3S2/c12-8-2-13-9(19-8)10-14-6(4-18-10)7-1-5(3-17-7)11(15)16/h1-4H,(H,15,16).